The normalized spacial score (nSPS) is 12.6. The van der Waals surface area contributed by atoms with Crippen molar-refractivity contribution < 1.29 is 0 Å². The number of anilines is 3. The minimum Gasteiger partial charge on any atom is -0.308 e. The van der Waals surface area contributed by atoms with Gasteiger partial charge in [-0.3, -0.25) is 0 Å². The maximum atomic E-state index is 2.51. The molecule has 2 nitrogen and oxygen atoms in total. The molecule has 1 heterocycles. The van der Waals surface area contributed by atoms with Crippen LogP contribution in [0.1, 0.15) is 25.0 Å². The molecular formula is C63H46N2. The van der Waals surface area contributed by atoms with Gasteiger partial charge in [0.25, 0.3) is 0 Å². The van der Waals surface area contributed by atoms with Crippen LogP contribution in [0.25, 0.3) is 83.1 Å². The maximum Gasteiger partial charge on any atom is 0.0702 e. The number of benzene rings is 10. The van der Waals surface area contributed by atoms with Crippen LogP contribution in [0.2, 0.25) is 0 Å². The van der Waals surface area contributed by atoms with Crippen molar-refractivity contribution in [3.8, 4) is 61.3 Å². The van der Waals surface area contributed by atoms with Crippen molar-refractivity contribution in [3.05, 3.63) is 254 Å². The summed E-state index contributed by atoms with van der Waals surface area (Å²) < 4.78 is 2.46. The summed E-state index contributed by atoms with van der Waals surface area (Å²) in [4.78, 5) is 2.51. The predicted octanol–water partition coefficient (Wildman–Crippen LogP) is 17.2. The summed E-state index contributed by atoms with van der Waals surface area (Å²) in [6.45, 7) is 4.74. The van der Waals surface area contributed by atoms with E-state index in [4.69, 9.17) is 0 Å². The molecule has 11 aromatic rings. The SMILES string of the molecule is CC1(C)c2ccccc2-c2c(-c3cccc(N(c4cccc(-c5ccccc5)c4)c4ccccc4-n4c5ccccc5c5ccccc54)c3-c3cccc(-c4ccccc4)c3)cccc21. The zero-order valence-corrected chi connectivity index (χ0v) is 36.5. The number of hydrogen-bond donors (Lipinski definition) is 0. The van der Waals surface area contributed by atoms with Crippen molar-refractivity contribution in [2.45, 2.75) is 19.3 Å². The number of rotatable bonds is 8. The Hall–Kier alpha value is -8.20. The summed E-state index contributed by atoms with van der Waals surface area (Å²) in [5.41, 5.74) is 21.3. The van der Waals surface area contributed by atoms with Crippen molar-refractivity contribution in [3.63, 3.8) is 0 Å². The molecule has 0 spiro atoms. The summed E-state index contributed by atoms with van der Waals surface area (Å²) in [7, 11) is 0. The molecule has 0 atom stereocenters. The van der Waals surface area contributed by atoms with E-state index >= 15 is 0 Å². The summed E-state index contributed by atoms with van der Waals surface area (Å²) >= 11 is 0. The Kier molecular flexibility index (Phi) is 9.21. The molecule has 0 amide bonds. The minimum atomic E-state index is -0.141. The van der Waals surface area contributed by atoms with Gasteiger partial charge >= 0.3 is 0 Å². The van der Waals surface area contributed by atoms with Gasteiger partial charge < -0.3 is 9.47 Å². The number of fused-ring (bicyclic) bond motifs is 6. The van der Waals surface area contributed by atoms with Crippen LogP contribution in [0, 0.1) is 0 Å². The van der Waals surface area contributed by atoms with Crippen molar-refractivity contribution in [2.75, 3.05) is 4.90 Å². The molecule has 0 radical (unpaired) electrons. The average Bonchev–Trinajstić information content (AvgIpc) is 3.83. The quantitative estimate of drug-likeness (QED) is 0.148. The third-order valence-electron chi connectivity index (χ3n) is 13.6. The monoisotopic (exact) mass is 830 g/mol. The van der Waals surface area contributed by atoms with Crippen LogP contribution in [-0.4, -0.2) is 4.57 Å². The summed E-state index contributed by atoms with van der Waals surface area (Å²) in [5.74, 6) is 0. The highest BCUT2D eigenvalue weighted by Gasteiger charge is 2.37. The van der Waals surface area contributed by atoms with Crippen LogP contribution in [-0.2, 0) is 5.41 Å². The van der Waals surface area contributed by atoms with Crippen LogP contribution < -0.4 is 4.90 Å². The predicted molar refractivity (Wildman–Crippen MR) is 275 cm³/mol. The van der Waals surface area contributed by atoms with E-state index in [1.165, 1.54) is 77.4 Å². The molecular weight excluding hydrogens is 785 g/mol. The van der Waals surface area contributed by atoms with Gasteiger partial charge in [-0.25, -0.2) is 0 Å². The van der Waals surface area contributed by atoms with E-state index in [-0.39, 0.29) is 5.41 Å². The van der Waals surface area contributed by atoms with Crippen LogP contribution >= 0.6 is 0 Å². The Morgan fingerprint density at radius 2 is 0.815 bits per heavy atom. The van der Waals surface area contributed by atoms with Crippen LogP contribution in [0.15, 0.2) is 243 Å². The number of hydrogen-bond acceptors (Lipinski definition) is 1. The van der Waals surface area contributed by atoms with Gasteiger partial charge in [-0.2, -0.15) is 0 Å². The number of para-hydroxylation sites is 4. The van der Waals surface area contributed by atoms with E-state index in [0.717, 1.165) is 33.9 Å². The highest BCUT2D eigenvalue weighted by molar-refractivity contribution is 6.10. The van der Waals surface area contributed by atoms with Gasteiger partial charge in [0, 0.05) is 27.4 Å². The second-order valence-corrected chi connectivity index (χ2v) is 17.7. The first-order valence-electron chi connectivity index (χ1n) is 22.6. The Labute approximate surface area is 381 Å². The van der Waals surface area contributed by atoms with Gasteiger partial charge in [-0.1, -0.05) is 208 Å². The van der Waals surface area contributed by atoms with Crippen molar-refractivity contribution in [2.24, 2.45) is 0 Å². The Morgan fingerprint density at radius 3 is 1.54 bits per heavy atom. The molecule has 0 N–H and O–H groups in total. The first kappa shape index (κ1) is 38.5. The zero-order valence-electron chi connectivity index (χ0n) is 36.5. The lowest BCUT2D eigenvalue weighted by atomic mass is 9.81. The van der Waals surface area contributed by atoms with E-state index in [0.29, 0.717) is 0 Å². The third-order valence-corrected chi connectivity index (χ3v) is 13.6. The Balaban J connectivity index is 1.19. The fourth-order valence-corrected chi connectivity index (χ4v) is 10.6. The molecule has 0 unspecified atom stereocenters. The van der Waals surface area contributed by atoms with E-state index in [1.807, 2.05) is 0 Å². The van der Waals surface area contributed by atoms with Gasteiger partial charge in [0.15, 0.2) is 0 Å². The molecule has 308 valence electrons. The Morgan fingerprint density at radius 1 is 0.338 bits per heavy atom. The van der Waals surface area contributed by atoms with Crippen LogP contribution in [0.5, 0.6) is 0 Å². The molecule has 1 aromatic heterocycles. The fourth-order valence-electron chi connectivity index (χ4n) is 10.6. The van der Waals surface area contributed by atoms with E-state index in [1.54, 1.807) is 0 Å². The molecule has 0 bridgehead atoms. The fraction of sp³-hybridized carbons (Fsp3) is 0.0476. The highest BCUT2D eigenvalue weighted by atomic mass is 15.2. The van der Waals surface area contributed by atoms with E-state index < -0.39 is 0 Å². The van der Waals surface area contributed by atoms with Gasteiger partial charge in [0.2, 0.25) is 0 Å². The lowest BCUT2D eigenvalue weighted by molar-refractivity contribution is 0.660. The molecule has 10 aromatic carbocycles. The molecule has 0 aliphatic heterocycles. The molecule has 0 saturated carbocycles. The minimum absolute atomic E-state index is 0.141. The number of aromatic nitrogens is 1. The first-order valence-corrected chi connectivity index (χ1v) is 22.6. The van der Waals surface area contributed by atoms with Gasteiger partial charge in [0.1, 0.15) is 0 Å². The third kappa shape index (κ3) is 6.32. The summed E-state index contributed by atoms with van der Waals surface area (Å²) in [5, 5.41) is 2.47. The maximum absolute atomic E-state index is 2.51. The van der Waals surface area contributed by atoms with Gasteiger partial charge in [-0.05, 0) is 110 Å². The lowest BCUT2D eigenvalue weighted by Gasteiger charge is -2.32. The van der Waals surface area contributed by atoms with Crippen LogP contribution in [0.3, 0.4) is 0 Å². The van der Waals surface area contributed by atoms with E-state index in [2.05, 4.69) is 266 Å². The lowest BCUT2D eigenvalue weighted by Crippen LogP contribution is -2.15. The molecule has 2 heteroatoms. The molecule has 0 fully saturated rings. The largest absolute Gasteiger partial charge is 0.308 e. The molecule has 12 rings (SSSR count). The first-order chi connectivity index (χ1) is 32.0. The topological polar surface area (TPSA) is 8.17 Å². The second kappa shape index (κ2) is 15.6. The summed E-state index contributed by atoms with van der Waals surface area (Å²) in [6, 6.07) is 89.1. The van der Waals surface area contributed by atoms with Gasteiger partial charge in [0.05, 0.1) is 28.1 Å². The van der Waals surface area contributed by atoms with Gasteiger partial charge in [-0.15, -0.1) is 0 Å². The van der Waals surface area contributed by atoms with E-state index in [9.17, 15) is 0 Å². The van der Waals surface area contributed by atoms with Crippen molar-refractivity contribution in [1.82, 2.24) is 4.57 Å². The molecule has 1 aliphatic rings. The Bertz CT molecular complexity index is 3520. The standard InChI is InChI=1S/C63H46N2/c1-63(2)54-34-12-9-31-53(54)62-52(32-19-35-55(62)63)51-33-20-40-60(61(51)47-27-17-25-45(41-47)43-21-5-3-6-22-43)64(48-28-18-26-46(42-48)44-23-7-4-8-24-44)58-38-15-16-39-59(58)65-56-36-13-10-29-49(56)50-30-11-14-37-57(50)65/h3-42H,1-2H3. The molecule has 0 saturated heterocycles. The smallest absolute Gasteiger partial charge is 0.0702 e. The number of nitrogens with zero attached hydrogens (tertiary/aromatic N) is 2. The highest BCUT2D eigenvalue weighted by Crippen LogP contribution is 2.55. The van der Waals surface area contributed by atoms with Crippen molar-refractivity contribution >= 4 is 38.9 Å². The second-order valence-electron chi connectivity index (χ2n) is 17.7. The average molecular weight is 831 g/mol. The van der Waals surface area contributed by atoms with Crippen LogP contribution in [0.4, 0.5) is 17.1 Å². The van der Waals surface area contributed by atoms with Crippen molar-refractivity contribution in [1.29, 1.82) is 0 Å². The summed E-state index contributed by atoms with van der Waals surface area (Å²) in [6.07, 6.45) is 0. The molecule has 1 aliphatic carbocycles. The zero-order chi connectivity index (χ0) is 43.5. The molecule has 65 heavy (non-hydrogen) atoms.